The zero-order valence-electron chi connectivity index (χ0n) is 12.8. The topological polar surface area (TPSA) is 33.1 Å². The summed E-state index contributed by atoms with van der Waals surface area (Å²) in [7, 11) is 0. The molecule has 0 radical (unpaired) electrons. The standard InChI is InChI=1S/C19H18N4/c1-2-8-16-15(7-1)21-18(17-9-4-13-23(16)17)14-6-3-10-20-19(14)22-11-5-12-22/h1-4,6-10,13,18,21H,5,11-12H2. The van der Waals surface area contributed by atoms with Gasteiger partial charge in [-0.05, 0) is 36.8 Å². The Bertz CT molecular complexity index is 863. The van der Waals surface area contributed by atoms with Crippen LogP contribution in [0.3, 0.4) is 0 Å². The molecular formula is C19H18N4. The number of rotatable bonds is 2. The molecule has 0 saturated carbocycles. The lowest BCUT2D eigenvalue weighted by Gasteiger charge is -2.36. The molecule has 1 N–H and O–H groups in total. The first-order valence-electron chi connectivity index (χ1n) is 8.15. The van der Waals surface area contributed by atoms with Crippen LogP contribution in [0.4, 0.5) is 11.5 Å². The highest BCUT2D eigenvalue weighted by atomic mass is 15.2. The third kappa shape index (κ3) is 1.88. The van der Waals surface area contributed by atoms with E-state index in [2.05, 4.69) is 68.4 Å². The predicted molar refractivity (Wildman–Crippen MR) is 92.3 cm³/mol. The summed E-state index contributed by atoms with van der Waals surface area (Å²) < 4.78 is 2.28. The Morgan fingerprint density at radius 3 is 2.78 bits per heavy atom. The van der Waals surface area contributed by atoms with Crippen LogP contribution in [0.5, 0.6) is 0 Å². The first-order chi connectivity index (χ1) is 11.4. The Hall–Kier alpha value is -2.75. The van der Waals surface area contributed by atoms with E-state index in [9.17, 15) is 0 Å². The minimum Gasteiger partial charge on any atom is -0.371 e. The van der Waals surface area contributed by atoms with Crippen molar-refractivity contribution >= 4 is 11.5 Å². The van der Waals surface area contributed by atoms with Gasteiger partial charge in [0.25, 0.3) is 0 Å². The summed E-state index contributed by atoms with van der Waals surface area (Å²) in [6.45, 7) is 2.21. The van der Waals surface area contributed by atoms with Crippen molar-refractivity contribution in [3.05, 3.63) is 72.2 Å². The van der Waals surface area contributed by atoms with E-state index in [0.717, 1.165) is 18.9 Å². The van der Waals surface area contributed by atoms with Crippen LogP contribution in [0.2, 0.25) is 0 Å². The fraction of sp³-hybridized carbons (Fsp3) is 0.211. The molecule has 4 heteroatoms. The molecule has 1 atom stereocenters. The molecule has 1 saturated heterocycles. The Labute approximate surface area is 135 Å². The van der Waals surface area contributed by atoms with Crippen LogP contribution in [0.25, 0.3) is 5.69 Å². The van der Waals surface area contributed by atoms with Gasteiger partial charge < -0.3 is 14.8 Å². The van der Waals surface area contributed by atoms with Crippen molar-refractivity contribution in [3.63, 3.8) is 0 Å². The number of para-hydroxylation sites is 2. The largest absolute Gasteiger partial charge is 0.371 e. The molecule has 2 aliphatic heterocycles. The van der Waals surface area contributed by atoms with Crippen LogP contribution in [-0.4, -0.2) is 22.6 Å². The summed E-state index contributed by atoms with van der Waals surface area (Å²) in [6.07, 6.45) is 5.29. The number of benzene rings is 1. The highest BCUT2D eigenvalue weighted by Crippen LogP contribution is 2.39. The number of fused-ring (bicyclic) bond motifs is 3. The lowest BCUT2D eigenvalue weighted by Crippen LogP contribution is -2.39. The third-order valence-electron chi connectivity index (χ3n) is 4.82. The van der Waals surface area contributed by atoms with Crippen molar-refractivity contribution in [2.45, 2.75) is 12.5 Å². The van der Waals surface area contributed by atoms with Gasteiger partial charge in [0.15, 0.2) is 0 Å². The van der Waals surface area contributed by atoms with Crippen molar-refractivity contribution < 1.29 is 0 Å². The molecule has 1 unspecified atom stereocenters. The van der Waals surface area contributed by atoms with Gasteiger partial charge in [0.05, 0.1) is 17.4 Å². The van der Waals surface area contributed by atoms with Gasteiger partial charge in [0.2, 0.25) is 0 Å². The molecule has 4 nitrogen and oxygen atoms in total. The summed E-state index contributed by atoms with van der Waals surface area (Å²) in [5, 5.41) is 3.71. The summed E-state index contributed by atoms with van der Waals surface area (Å²) in [5.74, 6) is 1.11. The van der Waals surface area contributed by atoms with Gasteiger partial charge >= 0.3 is 0 Å². The van der Waals surface area contributed by atoms with Crippen molar-refractivity contribution in [3.8, 4) is 5.69 Å². The van der Waals surface area contributed by atoms with Crippen LogP contribution in [0.1, 0.15) is 23.7 Å². The maximum Gasteiger partial charge on any atom is 0.134 e. The Balaban J connectivity index is 1.66. The van der Waals surface area contributed by atoms with E-state index in [0.29, 0.717) is 0 Å². The molecule has 23 heavy (non-hydrogen) atoms. The monoisotopic (exact) mass is 302 g/mol. The van der Waals surface area contributed by atoms with Gasteiger partial charge in [-0.2, -0.15) is 0 Å². The normalized spacial score (nSPS) is 18.6. The van der Waals surface area contributed by atoms with Gasteiger partial charge in [-0.15, -0.1) is 0 Å². The second kappa shape index (κ2) is 4.88. The fourth-order valence-electron chi connectivity index (χ4n) is 3.55. The van der Waals surface area contributed by atoms with Crippen molar-refractivity contribution in [2.24, 2.45) is 0 Å². The van der Waals surface area contributed by atoms with Crippen LogP contribution < -0.4 is 10.2 Å². The molecule has 2 aliphatic rings. The molecule has 3 aromatic rings. The number of nitrogens with zero attached hydrogens (tertiary/aromatic N) is 3. The first-order valence-corrected chi connectivity index (χ1v) is 8.15. The van der Waals surface area contributed by atoms with E-state index in [1.807, 2.05) is 12.3 Å². The average molecular weight is 302 g/mol. The van der Waals surface area contributed by atoms with Crippen LogP contribution in [-0.2, 0) is 0 Å². The number of pyridine rings is 1. The minimum absolute atomic E-state index is 0.129. The van der Waals surface area contributed by atoms with E-state index in [4.69, 9.17) is 0 Å². The Morgan fingerprint density at radius 2 is 1.91 bits per heavy atom. The number of anilines is 2. The molecule has 5 rings (SSSR count). The molecule has 1 fully saturated rings. The van der Waals surface area contributed by atoms with Gasteiger partial charge in [0.1, 0.15) is 5.82 Å². The van der Waals surface area contributed by atoms with Crippen molar-refractivity contribution in [1.82, 2.24) is 9.55 Å². The zero-order chi connectivity index (χ0) is 15.2. The summed E-state index contributed by atoms with van der Waals surface area (Å²) >= 11 is 0. The molecule has 0 amide bonds. The van der Waals surface area contributed by atoms with Crippen molar-refractivity contribution in [1.29, 1.82) is 0 Å². The molecule has 1 aromatic carbocycles. The van der Waals surface area contributed by atoms with Crippen LogP contribution in [0.15, 0.2) is 60.9 Å². The molecule has 114 valence electrons. The van der Waals surface area contributed by atoms with E-state index >= 15 is 0 Å². The zero-order valence-corrected chi connectivity index (χ0v) is 12.8. The summed E-state index contributed by atoms with van der Waals surface area (Å²) in [5.41, 5.74) is 4.89. The van der Waals surface area contributed by atoms with Crippen molar-refractivity contribution in [2.75, 3.05) is 23.3 Å². The fourth-order valence-corrected chi connectivity index (χ4v) is 3.55. The Morgan fingerprint density at radius 1 is 1.00 bits per heavy atom. The summed E-state index contributed by atoms with van der Waals surface area (Å²) in [6, 6.07) is 17.1. The smallest absolute Gasteiger partial charge is 0.134 e. The van der Waals surface area contributed by atoms with Crippen LogP contribution in [0, 0.1) is 0 Å². The number of nitrogens with one attached hydrogen (secondary N) is 1. The van der Waals surface area contributed by atoms with Gasteiger partial charge in [-0.3, -0.25) is 0 Å². The lowest BCUT2D eigenvalue weighted by molar-refractivity contribution is 0.604. The van der Waals surface area contributed by atoms with Crippen LogP contribution >= 0.6 is 0 Å². The number of hydrogen-bond donors (Lipinski definition) is 1. The highest BCUT2D eigenvalue weighted by Gasteiger charge is 2.29. The van der Waals surface area contributed by atoms with E-state index in [1.54, 1.807) is 0 Å². The molecule has 0 spiro atoms. The Kier molecular flexibility index (Phi) is 2.71. The SMILES string of the molecule is c1ccc2c(c1)NC(c1cccnc1N1CCC1)c1cccn1-2. The second-order valence-electron chi connectivity index (χ2n) is 6.15. The molecule has 0 aliphatic carbocycles. The lowest BCUT2D eigenvalue weighted by atomic mass is 9.99. The predicted octanol–water partition coefficient (Wildman–Crippen LogP) is 3.60. The van der Waals surface area contributed by atoms with E-state index in [1.165, 1.54) is 29.1 Å². The maximum absolute atomic E-state index is 4.67. The highest BCUT2D eigenvalue weighted by molar-refractivity contribution is 5.68. The molecule has 2 aromatic heterocycles. The molecule has 4 heterocycles. The molecular weight excluding hydrogens is 284 g/mol. The second-order valence-corrected chi connectivity index (χ2v) is 6.15. The first kappa shape index (κ1) is 12.8. The maximum atomic E-state index is 4.67. The third-order valence-corrected chi connectivity index (χ3v) is 4.82. The van der Waals surface area contributed by atoms with E-state index in [-0.39, 0.29) is 6.04 Å². The van der Waals surface area contributed by atoms with Gasteiger partial charge in [-0.1, -0.05) is 18.2 Å². The number of hydrogen-bond acceptors (Lipinski definition) is 3. The summed E-state index contributed by atoms with van der Waals surface area (Å²) in [4.78, 5) is 7.03. The molecule has 0 bridgehead atoms. The minimum atomic E-state index is 0.129. The number of aromatic nitrogens is 2. The average Bonchev–Trinajstić information content (AvgIpc) is 3.03. The van der Waals surface area contributed by atoms with E-state index < -0.39 is 0 Å². The van der Waals surface area contributed by atoms with Gasteiger partial charge in [0, 0.05) is 36.7 Å². The quantitative estimate of drug-likeness (QED) is 0.785. The van der Waals surface area contributed by atoms with Gasteiger partial charge in [-0.25, -0.2) is 4.98 Å².